The van der Waals surface area contributed by atoms with E-state index in [4.69, 9.17) is 5.26 Å². The monoisotopic (exact) mass is 236 g/mol. The molecule has 0 aliphatic carbocycles. The summed E-state index contributed by atoms with van der Waals surface area (Å²) in [5.41, 5.74) is -1.68. The lowest BCUT2D eigenvalue weighted by Gasteiger charge is -2.13. The van der Waals surface area contributed by atoms with Crippen molar-refractivity contribution in [3.05, 3.63) is 32.6 Å². The Bertz CT molecular complexity index is 578. The van der Waals surface area contributed by atoms with E-state index < -0.39 is 17.3 Å². The van der Waals surface area contributed by atoms with E-state index in [-0.39, 0.29) is 11.5 Å². The summed E-state index contributed by atoms with van der Waals surface area (Å²) < 4.78 is 1.02. The standard InChI is InChI=1S/C10H12N4O3/c1-3-12-8(15)6(2)14-5-7(4-11)9(16)13-10(14)17/h5-6H,3H2,1-2H3,(H,12,15)(H,13,16,17). The van der Waals surface area contributed by atoms with Crippen molar-refractivity contribution < 1.29 is 4.79 Å². The number of likely N-dealkylation sites (N-methyl/N-ethyl adjacent to an activating group) is 1. The minimum atomic E-state index is -0.786. The van der Waals surface area contributed by atoms with E-state index in [1.165, 1.54) is 6.92 Å². The van der Waals surface area contributed by atoms with Crippen LogP contribution in [0.4, 0.5) is 0 Å². The van der Waals surface area contributed by atoms with Crippen LogP contribution in [0.25, 0.3) is 0 Å². The van der Waals surface area contributed by atoms with Gasteiger partial charge in [-0.3, -0.25) is 19.1 Å². The van der Waals surface area contributed by atoms with Crippen LogP contribution in [-0.2, 0) is 4.79 Å². The van der Waals surface area contributed by atoms with Gasteiger partial charge in [-0.15, -0.1) is 0 Å². The van der Waals surface area contributed by atoms with Crippen molar-refractivity contribution >= 4 is 5.91 Å². The fourth-order valence-corrected chi connectivity index (χ4v) is 1.30. The Hall–Kier alpha value is -2.36. The first kappa shape index (κ1) is 12.7. The summed E-state index contributed by atoms with van der Waals surface area (Å²) in [6, 6.07) is 0.868. The minimum absolute atomic E-state index is 0.208. The van der Waals surface area contributed by atoms with Crippen molar-refractivity contribution in [2.24, 2.45) is 0 Å². The number of rotatable bonds is 3. The maximum Gasteiger partial charge on any atom is 0.329 e. The van der Waals surface area contributed by atoms with Crippen molar-refractivity contribution in [3.8, 4) is 6.07 Å². The number of carbonyl (C=O) groups is 1. The summed E-state index contributed by atoms with van der Waals surface area (Å²) >= 11 is 0. The fourth-order valence-electron chi connectivity index (χ4n) is 1.30. The Balaban J connectivity index is 3.24. The number of H-pyrrole nitrogens is 1. The molecule has 1 unspecified atom stereocenters. The van der Waals surface area contributed by atoms with Crippen LogP contribution in [-0.4, -0.2) is 22.0 Å². The van der Waals surface area contributed by atoms with Gasteiger partial charge in [0.1, 0.15) is 17.7 Å². The highest BCUT2D eigenvalue weighted by Crippen LogP contribution is 2.01. The molecule has 1 aromatic heterocycles. The Morgan fingerprint density at radius 2 is 2.29 bits per heavy atom. The lowest BCUT2D eigenvalue weighted by Crippen LogP contribution is -2.39. The molecule has 0 saturated carbocycles. The molecule has 0 aromatic carbocycles. The largest absolute Gasteiger partial charge is 0.355 e. The van der Waals surface area contributed by atoms with Gasteiger partial charge < -0.3 is 5.32 Å². The van der Waals surface area contributed by atoms with Crippen molar-refractivity contribution in [2.75, 3.05) is 6.54 Å². The van der Waals surface area contributed by atoms with E-state index >= 15 is 0 Å². The zero-order valence-electron chi connectivity index (χ0n) is 9.48. The van der Waals surface area contributed by atoms with E-state index in [2.05, 4.69) is 5.32 Å². The van der Waals surface area contributed by atoms with Crippen LogP contribution in [0.2, 0.25) is 0 Å². The number of amides is 1. The summed E-state index contributed by atoms with van der Waals surface area (Å²) in [7, 11) is 0. The second-order valence-electron chi connectivity index (χ2n) is 3.39. The van der Waals surface area contributed by atoms with Crippen LogP contribution < -0.4 is 16.6 Å². The van der Waals surface area contributed by atoms with Gasteiger partial charge in [-0.2, -0.15) is 5.26 Å². The average molecular weight is 236 g/mol. The first-order valence-electron chi connectivity index (χ1n) is 5.04. The molecule has 2 N–H and O–H groups in total. The number of aromatic nitrogens is 2. The highest BCUT2D eigenvalue weighted by atomic mass is 16.2. The summed E-state index contributed by atoms with van der Waals surface area (Å²) in [5.74, 6) is -0.356. The molecule has 0 radical (unpaired) electrons. The molecular weight excluding hydrogens is 224 g/mol. The SMILES string of the molecule is CCNC(=O)C(C)n1cc(C#N)c(=O)[nH]c1=O. The Morgan fingerprint density at radius 3 is 2.82 bits per heavy atom. The Kier molecular flexibility index (Phi) is 3.82. The molecule has 1 atom stereocenters. The molecule has 1 rings (SSSR count). The zero-order chi connectivity index (χ0) is 13.0. The predicted octanol–water partition coefficient (Wildman–Crippen LogP) is -0.895. The summed E-state index contributed by atoms with van der Waals surface area (Å²) in [6.07, 6.45) is 1.08. The lowest BCUT2D eigenvalue weighted by atomic mass is 10.3. The third-order valence-corrected chi connectivity index (χ3v) is 2.24. The zero-order valence-corrected chi connectivity index (χ0v) is 9.48. The predicted molar refractivity (Wildman–Crippen MR) is 59.4 cm³/mol. The molecule has 1 aromatic rings. The van der Waals surface area contributed by atoms with Crippen LogP contribution in [0.15, 0.2) is 15.8 Å². The highest BCUT2D eigenvalue weighted by molar-refractivity contribution is 5.79. The van der Waals surface area contributed by atoms with Crippen LogP contribution in [0.3, 0.4) is 0 Å². The fraction of sp³-hybridized carbons (Fsp3) is 0.400. The van der Waals surface area contributed by atoms with Crippen LogP contribution in [0.5, 0.6) is 0 Å². The second kappa shape index (κ2) is 5.12. The van der Waals surface area contributed by atoms with Gasteiger partial charge in [-0.05, 0) is 13.8 Å². The smallest absolute Gasteiger partial charge is 0.329 e. The van der Waals surface area contributed by atoms with Crippen molar-refractivity contribution in [2.45, 2.75) is 19.9 Å². The van der Waals surface area contributed by atoms with Crippen LogP contribution in [0.1, 0.15) is 25.5 Å². The van der Waals surface area contributed by atoms with Gasteiger partial charge in [0.15, 0.2) is 0 Å². The van der Waals surface area contributed by atoms with Crippen molar-refractivity contribution in [1.29, 1.82) is 5.26 Å². The normalized spacial score (nSPS) is 11.6. The van der Waals surface area contributed by atoms with Crippen molar-refractivity contribution in [3.63, 3.8) is 0 Å². The lowest BCUT2D eigenvalue weighted by molar-refractivity contribution is -0.123. The molecule has 1 amide bonds. The third kappa shape index (κ3) is 2.60. The van der Waals surface area contributed by atoms with Crippen molar-refractivity contribution in [1.82, 2.24) is 14.9 Å². The van der Waals surface area contributed by atoms with Crippen LogP contribution >= 0.6 is 0 Å². The molecule has 0 aliphatic heterocycles. The van der Waals surface area contributed by atoms with E-state index in [1.54, 1.807) is 13.0 Å². The van der Waals surface area contributed by atoms with Gasteiger partial charge in [0, 0.05) is 12.7 Å². The minimum Gasteiger partial charge on any atom is -0.355 e. The molecule has 17 heavy (non-hydrogen) atoms. The van der Waals surface area contributed by atoms with Gasteiger partial charge in [0.2, 0.25) is 5.91 Å². The number of aromatic amines is 1. The van der Waals surface area contributed by atoms with Gasteiger partial charge >= 0.3 is 5.69 Å². The Labute approximate surface area is 96.7 Å². The molecular formula is C10H12N4O3. The quantitative estimate of drug-likeness (QED) is 0.709. The molecule has 90 valence electrons. The number of hydrogen-bond donors (Lipinski definition) is 2. The number of nitrogens with zero attached hydrogens (tertiary/aromatic N) is 2. The van der Waals surface area contributed by atoms with Gasteiger partial charge in [-0.1, -0.05) is 0 Å². The average Bonchev–Trinajstić information content (AvgIpc) is 2.29. The molecule has 0 spiro atoms. The number of carbonyl (C=O) groups excluding carboxylic acids is 1. The molecule has 0 saturated heterocycles. The maximum atomic E-state index is 11.5. The summed E-state index contributed by atoms with van der Waals surface area (Å²) in [4.78, 5) is 36.1. The molecule has 7 heteroatoms. The molecule has 0 bridgehead atoms. The van der Waals surface area contributed by atoms with E-state index in [1.807, 2.05) is 4.98 Å². The summed E-state index contributed by atoms with van der Waals surface area (Å²) in [6.45, 7) is 3.69. The van der Waals surface area contributed by atoms with Crippen LogP contribution in [0, 0.1) is 11.3 Å². The van der Waals surface area contributed by atoms with E-state index in [0.29, 0.717) is 6.54 Å². The Morgan fingerprint density at radius 1 is 1.65 bits per heavy atom. The maximum absolute atomic E-state index is 11.5. The van der Waals surface area contributed by atoms with Gasteiger partial charge in [0.25, 0.3) is 5.56 Å². The third-order valence-electron chi connectivity index (χ3n) is 2.24. The van der Waals surface area contributed by atoms with E-state index in [0.717, 1.165) is 10.8 Å². The molecule has 0 fully saturated rings. The second-order valence-corrected chi connectivity index (χ2v) is 3.39. The number of hydrogen-bond acceptors (Lipinski definition) is 4. The summed E-state index contributed by atoms with van der Waals surface area (Å²) in [5, 5.41) is 11.2. The molecule has 7 nitrogen and oxygen atoms in total. The topological polar surface area (TPSA) is 108 Å². The van der Waals surface area contributed by atoms with Gasteiger partial charge in [0.05, 0.1) is 0 Å². The van der Waals surface area contributed by atoms with E-state index in [9.17, 15) is 14.4 Å². The highest BCUT2D eigenvalue weighted by Gasteiger charge is 2.16. The number of nitriles is 1. The first-order chi connectivity index (χ1) is 8.01. The molecule has 0 aliphatic rings. The first-order valence-corrected chi connectivity index (χ1v) is 5.04. The molecule has 1 heterocycles. The van der Waals surface area contributed by atoms with Gasteiger partial charge in [-0.25, -0.2) is 4.79 Å². The number of nitrogens with one attached hydrogen (secondary N) is 2.